The second-order valence-electron chi connectivity index (χ2n) is 5.46. The van der Waals surface area contributed by atoms with Crippen molar-refractivity contribution < 1.29 is 19.7 Å². The van der Waals surface area contributed by atoms with E-state index >= 15 is 0 Å². The first-order valence-electron chi connectivity index (χ1n) is 5.56. The number of ether oxygens (including phenoxy) is 1. The summed E-state index contributed by atoms with van der Waals surface area (Å²) in [5.74, 6) is 0. The maximum Gasteiger partial charge on any atom is 0.408 e. The molecule has 0 aromatic rings. The van der Waals surface area contributed by atoms with E-state index in [4.69, 9.17) is 4.74 Å². The van der Waals surface area contributed by atoms with Gasteiger partial charge in [-0.25, -0.2) is 4.79 Å². The maximum atomic E-state index is 11.6. The Morgan fingerprint density at radius 3 is 2.56 bits per heavy atom. The van der Waals surface area contributed by atoms with Crippen molar-refractivity contribution >= 4 is 6.09 Å². The Kier molecular flexibility index (Phi) is 3.80. The van der Waals surface area contributed by atoms with Crippen LogP contribution in [0.15, 0.2) is 0 Å². The quantitative estimate of drug-likeness (QED) is 0.656. The molecule has 3 N–H and O–H groups in total. The van der Waals surface area contributed by atoms with Gasteiger partial charge in [0.05, 0.1) is 18.2 Å². The Hall–Kier alpha value is -0.810. The molecule has 1 amide bonds. The molecule has 0 aromatic heterocycles. The van der Waals surface area contributed by atoms with Crippen molar-refractivity contribution in [2.24, 2.45) is 0 Å². The molecule has 1 fully saturated rings. The molecule has 2 unspecified atom stereocenters. The van der Waals surface area contributed by atoms with Gasteiger partial charge in [-0.05, 0) is 40.0 Å². The van der Waals surface area contributed by atoms with Crippen LogP contribution in [0.3, 0.4) is 0 Å². The molecule has 0 saturated heterocycles. The number of carbonyl (C=O) groups excluding carboxylic acids is 1. The summed E-state index contributed by atoms with van der Waals surface area (Å²) in [6.45, 7) is 5.16. The van der Waals surface area contributed by atoms with Gasteiger partial charge in [-0.15, -0.1) is 0 Å². The molecule has 0 bridgehead atoms. The number of rotatable bonds is 2. The van der Waals surface area contributed by atoms with Crippen LogP contribution >= 0.6 is 0 Å². The minimum absolute atomic E-state index is 0.177. The lowest BCUT2D eigenvalue weighted by Crippen LogP contribution is -2.51. The molecule has 0 aliphatic heterocycles. The molecule has 2 atom stereocenters. The SMILES string of the molecule is CC(C)(C)OC(=O)NC1(CO)CCC(O)C1. The minimum atomic E-state index is -0.720. The zero-order chi connectivity index (χ0) is 12.4. The molecule has 1 saturated carbocycles. The number of amides is 1. The van der Waals surface area contributed by atoms with E-state index in [1.807, 2.05) is 0 Å². The molecule has 5 nitrogen and oxygen atoms in total. The van der Waals surface area contributed by atoms with Crippen molar-refractivity contribution in [3.8, 4) is 0 Å². The van der Waals surface area contributed by atoms with Gasteiger partial charge < -0.3 is 20.3 Å². The first-order chi connectivity index (χ1) is 7.26. The lowest BCUT2D eigenvalue weighted by Gasteiger charge is -2.29. The van der Waals surface area contributed by atoms with Crippen LogP contribution in [0, 0.1) is 0 Å². The van der Waals surface area contributed by atoms with Crippen LogP contribution in [0.1, 0.15) is 40.0 Å². The zero-order valence-electron chi connectivity index (χ0n) is 10.1. The van der Waals surface area contributed by atoms with Crippen LogP contribution in [0.25, 0.3) is 0 Å². The molecule has 1 rings (SSSR count). The summed E-state index contributed by atoms with van der Waals surface area (Å²) in [4.78, 5) is 11.6. The van der Waals surface area contributed by atoms with Crippen LogP contribution in [0.4, 0.5) is 4.79 Å². The summed E-state index contributed by atoms with van der Waals surface area (Å²) in [5, 5.41) is 21.4. The standard InChI is InChI=1S/C11H21NO4/c1-10(2,3)16-9(15)12-11(7-13)5-4-8(14)6-11/h8,13-14H,4-7H2,1-3H3,(H,12,15). The largest absolute Gasteiger partial charge is 0.444 e. The van der Waals surface area contributed by atoms with E-state index in [1.54, 1.807) is 20.8 Å². The van der Waals surface area contributed by atoms with Crippen LogP contribution in [0.5, 0.6) is 0 Å². The van der Waals surface area contributed by atoms with Gasteiger partial charge in [-0.1, -0.05) is 0 Å². The Balaban J connectivity index is 2.54. The summed E-state index contributed by atoms with van der Waals surface area (Å²) in [7, 11) is 0. The second kappa shape index (κ2) is 4.59. The van der Waals surface area contributed by atoms with Crippen molar-refractivity contribution in [2.45, 2.75) is 57.3 Å². The third kappa shape index (κ3) is 3.64. The summed E-state index contributed by atoms with van der Waals surface area (Å²) in [6.07, 6.45) is 0.543. The molecule has 1 aliphatic carbocycles. The van der Waals surface area contributed by atoms with E-state index in [9.17, 15) is 15.0 Å². The topological polar surface area (TPSA) is 78.8 Å². The van der Waals surface area contributed by atoms with Gasteiger partial charge in [0, 0.05) is 0 Å². The fourth-order valence-corrected chi connectivity index (χ4v) is 1.91. The van der Waals surface area contributed by atoms with Gasteiger partial charge in [-0.2, -0.15) is 0 Å². The highest BCUT2D eigenvalue weighted by Crippen LogP contribution is 2.29. The highest BCUT2D eigenvalue weighted by molar-refractivity contribution is 5.69. The summed E-state index contributed by atoms with van der Waals surface area (Å²) >= 11 is 0. The Labute approximate surface area is 95.8 Å². The van der Waals surface area contributed by atoms with E-state index in [2.05, 4.69) is 5.32 Å². The molecule has 0 aromatic carbocycles. The number of carbonyl (C=O) groups is 1. The molecule has 0 heterocycles. The Morgan fingerprint density at radius 2 is 2.19 bits per heavy atom. The van der Waals surface area contributed by atoms with E-state index in [0.29, 0.717) is 19.3 Å². The summed E-state index contributed by atoms with van der Waals surface area (Å²) in [6, 6.07) is 0. The van der Waals surface area contributed by atoms with Gasteiger partial charge >= 0.3 is 6.09 Å². The highest BCUT2D eigenvalue weighted by Gasteiger charge is 2.40. The van der Waals surface area contributed by atoms with Crippen molar-refractivity contribution in [3.05, 3.63) is 0 Å². The number of nitrogens with one attached hydrogen (secondary N) is 1. The molecule has 16 heavy (non-hydrogen) atoms. The number of aliphatic hydroxyl groups is 2. The van der Waals surface area contributed by atoms with Crippen molar-refractivity contribution in [3.63, 3.8) is 0 Å². The number of hydrogen-bond acceptors (Lipinski definition) is 4. The number of aliphatic hydroxyl groups excluding tert-OH is 2. The Morgan fingerprint density at radius 1 is 1.56 bits per heavy atom. The van der Waals surface area contributed by atoms with Crippen molar-refractivity contribution in [1.82, 2.24) is 5.32 Å². The highest BCUT2D eigenvalue weighted by atomic mass is 16.6. The molecular weight excluding hydrogens is 210 g/mol. The Bertz CT molecular complexity index is 261. The monoisotopic (exact) mass is 231 g/mol. The molecule has 94 valence electrons. The van der Waals surface area contributed by atoms with Crippen LogP contribution in [0.2, 0.25) is 0 Å². The maximum absolute atomic E-state index is 11.6. The van der Waals surface area contributed by atoms with Crippen LogP contribution in [-0.4, -0.2) is 40.2 Å². The van der Waals surface area contributed by atoms with Crippen LogP contribution < -0.4 is 5.32 Å². The van der Waals surface area contributed by atoms with E-state index in [-0.39, 0.29) is 6.61 Å². The third-order valence-electron chi connectivity index (χ3n) is 2.65. The normalized spacial score (nSPS) is 30.2. The van der Waals surface area contributed by atoms with Gasteiger partial charge in [-0.3, -0.25) is 0 Å². The molecule has 0 radical (unpaired) electrons. The lowest BCUT2D eigenvalue weighted by atomic mass is 9.99. The van der Waals surface area contributed by atoms with Gasteiger partial charge in [0.25, 0.3) is 0 Å². The molecular formula is C11H21NO4. The van der Waals surface area contributed by atoms with E-state index in [0.717, 1.165) is 0 Å². The first-order valence-corrected chi connectivity index (χ1v) is 5.56. The fourth-order valence-electron chi connectivity index (χ4n) is 1.91. The van der Waals surface area contributed by atoms with Gasteiger partial charge in [0.15, 0.2) is 0 Å². The summed E-state index contributed by atoms with van der Waals surface area (Å²) in [5.41, 5.74) is -1.28. The smallest absolute Gasteiger partial charge is 0.408 e. The van der Waals surface area contributed by atoms with Gasteiger partial charge in [0.1, 0.15) is 5.60 Å². The van der Waals surface area contributed by atoms with Gasteiger partial charge in [0.2, 0.25) is 0 Å². The van der Waals surface area contributed by atoms with E-state index < -0.39 is 23.3 Å². The predicted octanol–water partition coefficient (Wildman–Crippen LogP) is 0.787. The molecule has 1 aliphatic rings. The first kappa shape index (κ1) is 13.3. The lowest BCUT2D eigenvalue weighted by molar-refractivity contribution is 0.0387. The molecule has 5 heteroatoms. The third-order valence-corrected chi connectivity index (χ3v) is 2.65. The second-order valence-corrected chi connectivity index (χ2v) is 5.46. The number of alkyl carbamates (subject to hydrolysis) is 1. The summed E-state index contributed by atoms with van der Waals surface area (Å²) < 4.78 is 5.12. The van der Waals surface area contributed by atoms with Crippen molar-refractivity contribution in [2.75, 3.05) is 6.61 Å². The zero-order valence-corrected chi connectivity index (χ0v) is 10.1. The van der Waals surface area contributed by atoms with E-state index in [1.165, 1.54) is 0 Å². The average Bonchev–Trinajstić information content (AvgIpc) is 2.44. The minimum Gasteiger partial charge on any atom is -0.444 e. The van der Waals surface area contributed by atoms with Crippen molar-refractivity contribution in [1.29, 1.82) is 0 Å². The molecule has 0 spiro atoms. The number of hydrogen-bond donors (Lipinski definition) is 3. The van der Waals surface area contributed by atoms with Crippen LogP contribution in [-0.2, 0) is 4.74 Å². The predicted molar refractivity (Wildman–Crippen MR) is 59.0 cm³/mol. The average molecular weight is 231 g/mol. The fraction of sp³-hybridized carbons (Fsp3) is 0.909.